The number of hydrogen-bond acceptors (Lipinski definition) is 7. The van der Waals surface area contributed by atoms with Gasteiger partial charge in [0.25, 0.3) is 10.0 Å². The smallest absolute Gasteiger partial charge is 0.262 e. The highest BCUT2D eigenvalue weighted by Gasteiger charge is 2.31. The molecule has 1 aliphatic rings. The fourth-order valence-electron chi connectivity index (χ4n) is 3.99. The van der Waals surface area contributed by atoms with Gasteiger partial charge in [-0.1, -0.05) is 30.3 Å². The van der Waals surface area contributed by atoms with Crippen LogP contribution in [-0.4, -0.2) is 28.0 Å². The van der Waals surface area contributed by atoms with Crippen molar-refractivity contribution in [1.82, 2.24) is 9.36 Å². The van der Waals surface area contributed by atoms with E-state index >= 15 is 0 Å². The number of rotatable bonds is 7. The molecule has 2 aromatic heterocycles. The van der Waals surface area contributed by atoms with Gasteiger partial charge < -0.3 is 10.2 Å². The summed E-state index contributed by atoms with van der Waals surface area (Å²) in [5.74, 6) is 0.151. The highest BCUT2D eigenvalue weighted by Crippen LogP contribution is 2.44. The predicted octanol–water partition coefficient (Wildman–Crippen LogP) is 4.84. The highest BCUT2D eigenvalue weighted by molar-refractivity contribution is 7.92. The van der Waals surface area contributed by atoms with E-state index in [4.69, 9.17) is 0 Å². The lowest BCUT2D eigenvalue weighted by atomic mass is 10.0. The number of aromatic nitrogens is 2. The number of nitrogens with one attached hydrogen (secondary N) is 1. The normalized spacial score (nSPS) is 13.9. The molecule has 2 aromatic carbocycles. The minimum atomic E-state index is -4.04. The van der Waals surface area contributed by atoms with Crippen molar-refractivity contribution in [3.05, 3.63) is 83.0 Å². The predicted molar refractivity (Wildman–Crippen MR) is 132 cm³/mol. The number of aliphatic hydroxyl groups excluding tert-OH is 1. The van der Waals surface area contributed by atoms with Gasteiger partial charge in [0.2, 0.25) is 0 Å². The number of aliphatic hydroxyl groups is 2. The molecule has 0 atom stereocenters. The lowest BCUT2D eigenvalue weighted by Gasteiger charge is -2.17. The third-order valence-electron chi connectivity index (χ3n) is 5.91. The molecule has 4 aromatic rings. The van der Waals surface area contributed by atoms with Crippen molar-refractivity contribution in [3.8, 4) is 22.4 Å². The van der Waals surface area contributed by atoms with Crippen molar-refractivity contribution >= 4 is 27.2 Å². The topological polar surface area (TPSA) is 112 Å². The first-order chi connectivity index (χ1) is 16.3. The zero-order valence-electron chi connectivity index (χ0n) is 18.3. The number of aryl methyl sites for hydroxylation is 1. The molecule has 5 rings (SSSR count). The number of benzene rings is 2. The van der Waals surface area contributed by atoms with Crippen LogP contribution in [0.25, 0.3) is 22.4 Å². The van der Waals surface area contributed by atoms with Crippen molar-refractivity contribution < 1.29 is 18.6 Å². The maximum Gasteiger partial charge on any atom is 0.262 e. The zero-order chi connectivity index (χ0) is 23.9. The van der Waals surface area contributed by atoms with Crippen LogP contribution in [-0.2, 0) is 10.0 Å². The summed E-state index contributed by atoms with van der Waals surface area (Å²) < 4.78 is 34.3. The second kappa shape index (κ2) is 8.92. The fourth-order valence-corrected chi connectivity index (χ4v) is 5.98. The van der Waals surface area contributed by atoms with Gasteiger partial charge in [-0.3, -0.25) is 9.71 Å². The Bertz CT molecular complexity index is 1450. The van der Waals surface area contributed by atoms with Crippen molar-refractivity contribution in [2.75, 3.05) is 4.72 Å². The Balaban J connectivity index is 1.63. The minimum Gasteiger partial charge on any atom is -0.364 e. The summed E-state index contributed by atoms with van der Waals surface area (Å²) in [5.41, 5.74) is 4.24. The second-order valence-corrected chi connectivity index (χ2v) is 11.0. The van der Waals surface area contributed by atoms with E-state index in [0.29, 0.717) is 22.5 Å². The van der Waals surface area contributed by atoms with Crippen LogP contribution >= 0.6 is 11.5 Å². The Hall–Kier alpha value is -3.11. The van der Waals surface area contributed by atoms with Gasteiger partial charge >= 0.3 is 0 Å². The molecule has 0 radical (unpaired) electrons. The van der Waals surface area contributed by atoms with Crippen LogP contribution in [0, 0.1) is 6.92 Å². The fraction of sp³-hybridized carbons (Fsp3) is 0.200. The van der Waals surface area contributed by atoms with E-state index in [9.17, 15) is 18.6 Å². The first kappa shape index (κ1) is 22.7. The van der Waals surface area contributed by atoms with E-state index in [2.05, 4.69) is 14.1 Å². The molecular formula is C25H23N3O4S2. The lowest BCUT2D eigenvalue weighted by Crippen LogP contribution is -2.16. The maximum absolute atomic E-state index is 13.7. The lowest BCUT2D eigenvalue weighted by molar-refractivity contribution is -0.0426. The van der Waals surface area contributed by atoms with Crippen molar-refractivity contribution in [3.63, 3.8) is 0 Å². The van der Waals surface area contributed by atoms with Gasteiger partial charge in [0, 0.05) is 34.0 Å². The van der Waals surface area contributed by atoms with E-state index < -0.39 is 16.3 Å². The van der Waals surface area contributed by atoms with Gasteiger partial charge in [0.1, 0.15) is 0 Å². The van der Waals surface area contributed by atoms with Crippen LogP contribution in [0.1, 0.15) is 41.1 Å². The Morgan fingerprint density at radius 3 is 2.53 bits per heavy atom. The number of sulfonamides is 1. The molecule has 34 heavy (non-hydrogen) atoms. The average molecular weight is 494 g/mol. The third kappa shape index (κ3) is 4.47. The molecule has 0 unspecified atom stereocenters. The Kier molecular flexibility index (Phi) is 5.95. The number of nitrogens with zero attached hydrogens (tertiary/aromatic N) is 2. The van der Waals surface area contributed by atoms with Gasteiger partial charge in [0.15, 0.2) is 6.29 Å². The first-order valence-corrected chi connectivity index (χ1v) is 13.1. The Morgan fingerprint density at radius 2 is 1.88 bits per heavy atom. The van der Waals surface area contributed by atoms with E-state index in [1.54, 1.807) is 36.7 Å². The third-order valence-corrected chi connectivity index (χ3v) is 8.03. The molecule has 9 heteroatoms. The number of anilines is 1. The molecular weight excluding hydrogens is 470 g/mol. The van der Waals surface area contributed by atoms with Crippen LogP contribution in [0.15, 0.2) is 71.9 Å². The quantitative estimate of drug-likeness (QED) is 0.318. The van der Waals surface area contributed by atoms with E-state index in [0.717, 1.165) is 28.8 Å². The molecule has 0 aliphatic heterocycles. The standard InChI is InChI=1S/C25H23N3O4S2/c1-15-21(14-27-33-15)17-7-10-20(22-4-2-3-11-26-22)23(12-17)28-34(31,32)24-13-18(25(29)30)8-9-19(24)16-5-6-16/h2-4,7-14,16,25,28-30H,5-6H2,1H3. The van der Waals surface area contributed by atoms with Crippen molar-refractivity contribution in [2.24, 2.45) is 0 Å². The zero-order valence-corrected chi connectivity index (χ0v) is 20.0. The molecule has 0 spiro atoms. The van der Waals surface area contributed by atoms with Crippen molar-refractivity contribution in [1.29, 1.82) is 0 Å². The SMILES string of the molecule is Cc1sncc1-c1ccc(-c2ccccn2)c(NS(=O)(=O)c2cc(C(O)O)ccc2C2CC2)c1. The van der Waals surface area contributed by atoms with Crippen LogP contribution in [0.4, 0.5) is 5.69 Å². The Morgan fingerprint density at radius 1 is 1.06 bits per heavy atom. The van der Waals surface area contributed by atoms with Gasteiger partial charge in [-0.15, -0.1) is 0 Å². The maximum atomic E-state index is 13.7. The van der Waals surface area contributed by atoms with Crippen LogP contribution in [0.5, 0.6) is 0 Å². The molecule has 1 fully saturated rings. The summed E-state index contributed by atoms with van der Waals surface area (Å²) in [6.45, 7) is 1.97. The molecule has 1 aliphatic carbocycles. The first-order valence-electron chi connectivity index (χ1n) is 10.8. The van der Waals surface area contributed by atoms with Crippen LogP contribution in [0.3, 0.4) is 0 Å². The van der Waals surface area contributed by atoms with Crippen molar-refractivity contribution in [2.45, 2.75) is 36.9 Å². The van der Waals surface area contributed by atoms with Gasteiger partial charge in [0.05, 0.1) is 16.3 Å². The molecule has 0 saturated heterocycles. The summed E-state index contributed by atoms with van der Waals surface area (Å²) in [7, 11) is -4.04. The van der Waals surface area contributed by atoms with Crippen LogP contribution in [0.2, 0.25) is 0 Å². The Labute approximate surface area is 202 Å². The molecule has 0 amide bonds. The molecule has 3 N–H and O–H groups in total. The minimum absolute atomic E-state index is 0.0614. The van der Waals surface area contributed by atoms with Gasteiger partial charge in [-0.05, 0) is 72.6 Å². The van der Waals surface area contributed by atoms with Crippen LogP contribution < -0.4 is 4.72 Å². The molecule has 174 valence electrons. The largest absolute Gasteiger partial charge is 0.364 e. The second-order valence-electron chi connectivity index (χ2n) is 8.32. The van der Waals surface area contributed by atoms with E-state index in [1.807, 2.05) is 31.2 Å². The summed E-state index contributed by atoms with van der Waals surface area (Å²) >= 11 is 1.38. The highest BCUT2D eigenvalue weighted by atomic mass is 32.2. The number of hydrogen-bond donors (Lipinski definition) is 3. The number of pyridine rings is 1. The van der Waals surface area contributed by atoms with Gasteiger partial charge in [-0.25, -0.2) is 12.8 Å². The summed E-state index contributed by atoms with van der Waals surface area (Å²) in [5, 5.41) is 19.3. The molecule has 2 heterocycles. The summed E-state index contributed by atoms with van der Waals surface area (Å²) in [4.78, 5) is 5.49. The summed E-state index contributed by atoms with van der Waals surface area (Å²) in [6, 6.07) is 15.6. The molecule has 1 saturated carbocycles. The van der Waals surface area contributed by atoms with E-state index in [1.165, 1.54) is 17.6 Å². The van der Waals surface area contributed by atoms with Gasteiger partial charge in [-0.2, -0.15) is 0 Å². The van der Waals surface area contributed by atoms with E-state index in [-0.39, 0.29) is 16.4 Å². The monoisotopic (exact) mass is 493 g/mol. The molecule has 7 nitrogen and oxygen atoms in total. The average Bonchev–Trinajstić information content (AvgIpc) is 3.59. The molecule has 0 bridgehead atoms. The summed E-state index contributed by atoms with van der Waals surface area (Å²) in [6.07, 6.45) is 3.48.